The molecule has 3 heterocycles. The van der Waals surface area contributed by atoms with Crippen molar-refractivity contribution in [1.29, 1.82) is 0 Å². The van der Waals surface area contributed by atoms with Gasteiger partial charge >= 0.3 is 0 Å². The Labute approximate surface area is 184 Å². The summed E-state index contributed by atoms with van der Waals surface area (Å²) in [5, 5.41) is 9.39. The number of halogens is 1. The third kappa shape index (κ3) is 4.22. The predicted molar refractivity (Wildman–Crippen MR) is 118 cm³/mol. The van der Waals surface area contributed by atoms with E-state index in [0.29, 0.717) is 24.1 Å². The molecule has 0 unspecified atom stereocenters. The SMILES string of the molecule is O=C(CSc1nnc(-c2ccc(F)cc2)n1C[C@@H]1CCCO1)N1CCc2ccccc21. The molecule has 6 nitrogen and oxygen atoms in total. The average Bonchev–Trinajstić information content (AvgIpc) is 3.53. The number of rotatable bonds is 6. The molecule has 0 bridgehead atoms. The van der Waals surface area contributed by atoms with Gasteiger partial charge in [0, 0.05) is 24.4 Å². The maximum atomic E-state index is 13.4. The van der Waals surface area contributed by atoms with Crippen LogP contribution in [-0.2, 0) is 22.5 Å². The highest BCUT2D eigenvalue weighted by Gasteiger charge is 2.26. The molecule has 0 radical (unpaired) electrons. The molecule has 0 spiro atoms. The Balaban J connectivity index is 1.36. The van der Waals surface area contributed by atoms with Crippen molar-refractivity contribution in [1.82, 2.24) is 14.8 Å². The van der Waals surface area contributed by atoms with Gasteiger partial charge in [0.15, 0.2) is 11.0 Å². The van der Waals surface area contributed by atoms with Crippen LogP contribution in [0.5, 0.6) is 0 Å². The number of thioether (sulfide) groups is 1. The van der Waals surface area contributed by atoms with Crippen molar-refractivity contribution < 1.29 is 13.9 Å². The fourth-order valence-corrected chi connectivity index (χ4v) is 4.99. The lowest BCUT2D eigenvalue weighted by molar-refractivity contribution is -0.116. The second-order valence-corrected chi connectivity index (χ2v) is 8.71. The van der Waals surface area contributed by atoms with Gasteiger partial charge in [-0.2, -0.15) is 0 Å². The largest absolute Gasteiger partial charge is 0.376 e. The van der Waals surface area contributed by atoms with Gasteiger partial charge in [-0.25, -0.2) is 4.39 Å². The molecule has 5 rings (SSSR count). The van der Waals surface area contributed by atoms with Gasteiger partial charge in [0.25, 0.3) is 0 Å². The fourth-order valence-electron chi connectivity index (χ4n) is 4.17. The molecule has 1 atom stereocenters. The normalized spacial score (nSPS) is 17.8. The molecule has 160 valence electrons. The van der Waals surface area contributed by atoms with Gasteiger partial charge in [-0.05, 0) is 55.2 Å². The standard InChI is InChI=1S/C23H23FN4O2S/c24-18-9-7-17(8-10-18)22-25-26-23(28(22)14-19-5-3-13-30-19)31-15-21(29)27-12-11-16-4-1-2-6-20(16)27/h1-2,4,6-10,19H,3,5,11-15H2/t19-/m0/s1. The van der Waals surface area contributed by atoms with Crippen molar-refractivity contribution in [3.8, 4) is 11.4 Å². The summed E-state index contributed by atoms with van der Waals surface area (Å²) in [4.78, 5) is 14.8. The number of anilines is 1. The number of nitrogens with zero attached hydrogens (tertiary/aromatic N) is 4. The van der Waals surface area contributed by atoms with E-state index in [1.54, 1.807) is 12.1 Å². The van der Waals surface area contributed by atoms with Crippen molar-refractivity contribution >= 4 is 23.4 Å². The molecular weight excluding hydrogens is 415 g/mol. The number of para-hydroxylation sites is 1. The van der Waals surface area contributed by atoms with Gasteiger partial charge < -0.3 is 9.64 Å². The molecule has 1 amide bonds. The molecule has 2 aliphatic rings. The number of hydrogen-bond acceptors (Lipinski definition) is 5. The van der Waals surface area contributed by atoms with E-state index < -0.39 is 0 Å². The van der Waals surface area contributed by atoms with Crippen LogP contribution in [0, 0.1) is 5.82 Å². The Morgan fingerprint density at radius 1 is 1.16 bits per heavy atom. The van der Waals surface area contributed by atoms with Crippen LogP contribution < -0.4 is 4.90 Å². The zero-order chi connectivity index (χ0) is 21.2. The van der Waals surface area contributed by atoms with Crippen LogP contribution in [0.2, 0.25) is 0 Å². The highest BCUT2D eigenvalue weighted by atomic mass is 32.2. The molecule has 3 aromatic rings. The fraction of sp³-hybridized carbons (Fsp3) is 0.348. The second-order valence-electron chi connectivity index (χ2n) is 7.77. The number of carbonyl (C=O) groups excluding carboxylic acids is 1. The summed E-state index contributed by atoms with van der Waals surface area (Å²) < 4.78 is 21.2. The van der Waals surface area contributed by atoms with E-state index in [-0.39, 0.29) is 23.6 Å². The Morgan fingerprint density at radius 3 is 2.81 bits per heavy atom. The number of amides is 1. The Kier molecular flexibility index (Phi) is 5.74. The van der Waals surface area contributed by atoms with E-state index in [2.05, 4.69) is 16.3 Å². The van der Waals surface area contributed by atoms with Crippen LogP contribution >= 0.6 is 11.8 Å². The first kappa shape index (κ1) is 20.2. The van der Waals surface area contributed by atoms with Crippen LogP contribution in [-0.4, -0.2) is 45.7 Å². The van der Waals surface area contributed by atoms with E-state index in [1.165, 1.54) is 29.5 Å². The smallest absolute Gasteiger partial charge is 0.237 e. The Hall–Kier alpha value is -2.71. The quantitative estimate of drug-likeness (QED) is 0.546. The van der Waals surface area contributed by atoms with Crippen LogP contribution in [0.4, 0.5) is 10.1 Å². The maximum Gasteiger partial charge on any atom is 0.237 e. The molecule has 2 aliphatic heterocycles. The third-order valence-corrected chi connectivity index (χ3v) is 6.69. The van der Waals surface area contributed by atoms with Gasteiger partial charge in [-0.15, -0.1) is 10.2 Å². The second kappa shape index (κ2) is 8.80. The van der Waals surface area contributed by atoms with E-state index in [9.17, 15) is 9.18 Å². The molecule has 2 aromatic carbocycles. The highest BCUT2D eigenvalue weighted by Crippen LogP contribution is 2.30. The minimum absolute atomic E-state index is 0.0601. The first-order chi connectivity index (χ1) is 15.2. The first-order valence-electron chi connectivity index (χ1n) is 10.5. The van der Waals surface area contributed by atoms with Crippen LogP contribution in [0.25, 0.3) is 11.4 Å². The van der Waals surface area contributed by atoms with Crippen molar-refractivity contribution in [2.45, 2.75) is 37.1 Å². The number of benzene rings is 2. The summed E-state index contributed by atoms with van der Waals surface area (Å²) in [5.74, 6) is 0.712. The minimum atomic E-state index is -0.292. The van der Waals surface area contributed by atoms with Crippen LogP contribution in [0.15, 0.2) is 53.7 Å². The summed E-state index contributed by atoms with van der Waals surface area (Å²) in [6, 6.07) is 14.3. The lowest BCUT2D eigenvalue weighted by Gasteiger charge is -2.18. The van der Waals surface area contributed by atoms with E-state index >= 15 is 0 Å². The van der Waals surface area contributed by atoms with E-state index in [0.717, 1.165) is 37.1 Å². The van der Waals surface area contributed by atoms with Gasteiger partial charge in [0.1, 0.15) is 5.82 Å². The minimum Gasteiger partial charge on any atom is -0.376 e. The number of fused-ring (bicyclic) bond motifs is 1. The number of ether oxygens (including phenoxy) is 1. The van der Waals surface area contributed by atoms with Crippen molar-refractivity contribution in [3.63, 3.8) is 0 Å². The molecule has 0 N–H and O–H groups in total. The molecule has 1 fully saturated rings. The maximum absolute atomic E-state index is 13.4. The highest BCUT2D eigenvalue weighted by molar-refractivity contribution is 7.99. The molecule has 1 aromatic heterocycles. The molecule has 0 saturated carbocycles. The summed E-state index contributed by atoms with van der Waals surface area (Å²) in [5.41, 5.74) is 3.00. The molecule has 8 heteroatoms. The van der Waals surface area contributed by atoms with Crippen molar-refractivity contribution in [2.75, 3.05) is 23.8 Å². The Bertz CT molecular complexity index is 1080. The van der Waals surface area contributed by atoms with Crippen molar-refractivity contribution in [3.05, 3.63) is 59.9 Å². The zero-order valence-electron chi connectivity index (χ0n) is 17.0. The van der Waals surface area contributed by atoms with E-state index in [4.69, 9.17) is 4.74 Å². The lowest BCUT2D eigenvalue weighted by Crippen LogP contribution is -2.30. The van der Waals surface area contributed by atoms with Gasteiger partial charge in [-0.1, -0.05) is 30.0 Å². The summed E-state index contributed by atoms with van der Waals surface area (Å²) in [6.07, 6.45) is 3.00. The van der Waals surface area contributed by atoms with Crippen LogP contribution in [0.3, 0.4) is 0 Å². The molecule has 1 saturated heterocycles. The van der Waals surface area contributed by atoms with Crippen molar-refractivity contribution in [2.24, 2.45) is 0 Å². The summed E-state index contributed by atoms with van der Waals surface area (Å²) >= 11 is 1.39. The summed E-state index contributed by atoms with van der Waals surface area (Å²) in [7, 11) is 0. The van der Waals surface area contributed by atoms with Crippen LogP contribution in [0.1, 0.15) is 18.4 Å². The van der Waals surface area contributed by atoms with Gasteiger partial charge in [0.2, 0.25) is 5.91 Å². The molecule has 31 heavy (non-hydrogen) atoms. The summed E-state index contributed by atoms with van der Waals surface area (Å²) in [6.45, 7) is 2.08. The average molecular weight is 439 g/mol. The molecular formula is C23H23FN4O2S. The Morgan fingerprint density at radius 2 is 2.00 bits per heavy atom. The van der Waals surface area contributed by atoms with E-state index in [1.807, 2.05) is 27.7 Å². The third-order valence-electron chi connectivity index (χ3n) is 5.74. The number of carbonyl (C=O) groups is 1. The van der Waals surface area contributed by atoms with Gasteiger partial charge in [0.05, 0.1) is 18.4 Å². The molecule has 0 aliphatic carbocycles. The lowest BCUT2D eigenvalue weighted by atomic mass is 10.2. The topological polar surface area (TPSA) is 60.3 Å². The predicted octanol–water partition coefficient (Wildman–Crippen LogP) is 3.94. The zero-order valence-corrected chi connectivity index (χ0v) is 17.9. The monoisotopic (exact) mass is 438 g/mol. The number of hydrogen-bond donors (Lipinski definition) is 0. The first-order valence-corrected chi connectivity index (χ1v) is 11.5. The van der Waals surface area contributed by atoms with Gasteiger partial charge in [-0.3, -0.25) is 9.36 Å². The number of aromatic nitrogens is 3.